The van der Waals surface area contributed by atoms with Crippen molar-refractivity contribution in [2.45, 2.75) is 18.8 Å². The van der Waals surface area contributed by atoms with Crippen molar-refractivity contribution >= 4 is 29.9 Å². The first-order valence-electron chi connectivity index (χ1n) is 7.86. The number of nitro groups is 1. The normalized spacial score (nSPS) is 14.5. The smallest absolute Gasteiger partial charge is 0.310 e. The molecule has 140 valence electrons. The molecule has 1 saturated heterocycles. The van der Waals surface area contributed by atoms with Gasteiger partial charge in [0.1, 0.15) is 0 Å². The number of carbonyl (C=O) groups is 1. The lowest BCUT2D eigenvalue weighted by atomic mass is 9.98. The Bertz CT molecular complexity index is 818. The molecule has 1 aromatic heterocycles. The van der Waals surface area contributed by atoms with Gasteiger partial charge in [-0.2, -0.15) is 10.1 Å². The molecule has 3 N–H and O–H groups in total. The van der Waals surface area contributed by atoms with Crippen molar-refractivity contribution in [2.24, 2.45) is 7.05 Å². The fourth-order valence-corrected chi connectivity index (χ4v) is 2.76. The molecule has 1 aliphatic rings. The van der Waals surface area contributed by atoms with Crippen LogP contribution in [0.3, 0.4) is 0 Å². The molecule has 26 heavy (non-hydrogen) atoms. The van der Waals surface area contributed by atoms with Crippen LogP contribution in [0.4, 0.5) is 11.6 Å². The van der Waals surface area contributed by atoms with E-state index in [1.165, 1.54) is 10.7 Å². The first-order valence-corrected chi connectivity index (χ1v) is 7.86. The van der Waals surface area contributed by atoms with E-state index in [1.807, 2.05) is 0 Å². The van der Waals surface area contributed by atoms with E-state index in [4.69, 9.17) is 0 Å². The quantitative estimate of drug-likeness (QED) is 0.539. The van der Waals surface area contributed by atoms with Crippen molar-refractivity contribution in [1.82, 2.24) is 20.1 Å². The van der Waals surface area contributed by atoms with Crippen LogP contribution >= 0.6 is 12.4 Å². The van der Waals surface area contributed by atoms with Gasteiger partial charge in [0.2, 0.25) is 5.95 Å². The Hall–Kier alpha value is -2.72. The van der Waals surface area contributed by atoms with E-state index >= 15 is 0 Å². The molecule has 10 nitrogen and oxygen atoms in total. The molecular formula is C15H19ClN6O4. The molecular weight excluding hydrogens is 364 g/mol. The molecule has 0 radical (unpaired) electrons. The summed E-state index contributed by atoms with van der Waals surface area (Å²) >= 11 is 0. The number of phenols is 1. The van der Waals surface area contributed by atoms with Gasteiger partial charge in [0.05, 0.1) is 4.92 Å². The van der Waals surface area contributed by atoms with Crippen LogP contribution in [0, 0.1) is 10.1 Å². The van der Waals surface area contributed by atoms with E-state index in [0.29, 0.717) is 5.82 Å². The Kier molecular flexibility index (Phi) is 6.11. The molecule has 2 heterocycles. The van der Waals surface area contributed by atoms with Crippen LogP contribution < -0.4 is 10.6 Å². The number of aromatic hydroxyl groups is 1. The molecule has 0 bridgehead atoms. The van der Waals surface area contributed by atoms with E-state index < -0.39 is 22.3 Å². The number of benzene rings is 1. The molecule has 11 heteroatoms. The summed E-state index contributed by atoms with van der Waals surface area (Å²) in [7, 11) is 1.68. The van der Waals surface area contributed by atoms with E-state index in [2.05, 4.69) is 20.7 Å². The summed E-state index contributed by atoms with van der Waals surface area (Å²) in [4.78, 5) is 26.7. The van der Waals surface area contributed by atoms with Gasteiger partial charge in [0, 0.05) is 24.6 Å². The Morgan fingerprint density at radius 2 is 2.12 bits per heavy atom. The fraction of sp³-hybridized carbons (Fsp3) is 0.400. The molecule has 0 saturated carbocycles. The van der Waals surface area contributed by atoms with Gasteiger partial charge in [0.25, 0.3) is 5.91 Å². The Balaban J connectivity index is 0.00000243. The second-order valence-corrected chi connectivity index (χ2v) is 5.86. The first kappa shape index (κ1) is 19.6. The summed E-state index contributed by atoms with van der Waals surface area (Å²) in [5, 5.41) is 30.6. The third-order valence-corrected chi connectivity index (χ3v) is 4.14. The van der Waals surface area contributed by atoms with Crippen LogP contribution in [0.5, 0.6) is 5.75 Å². The van der Waals surface area contributed by atoms with Gasteiger partial charge in [-0.3, -0.25) is 20.2 Å². The van der Waals surface area contributed by atoms with E-state index in [-0.39, 0.29) is 29.8 Å². The van der Waals surface area contributed by atoms with Crippen molar-refractivity contribution in [3.8, 4) is 5.75 Å². The van der Waals surface area contributed by atoms with Crippen molar-refractivity contribution < 1.29 is 14.8 Å². The molecule has 3 rings (SSSR count). The number of phenolic OH excluding ortho intramolecular Hbond substituents is 1. The number of anilines is 1. The molecule has 1 fully saturated rings. The highest BCUT2D eigenvalue weighted by Crippen LogP contribution is 2.27. The van der Waals surface area contributed by atoms with Crippen LogP contribution in [0.2, 0.25) is 0 Å². The number of carbonyl (C=O) groups excluding carboxylic acids is 1. The molecule has 0 spiro atoms. The summed E-state index contributed by atoms with van der Waals surface area (Å²) < 4.78 is 1.49. The lowest BCUT2D eigenvalue weighted by Gasteiger charge is -2.19. The van der Waals surface area contributed by atoms with E-state index in [0.717, 1.165) is 38.1 Å². The summed E-state index contributed by atoms with van der Waals surface area (Å²) in [6, 6.07) is 3.41. The van der Waals surface area contributed by atoms with Gasteiger partial charge in [-0.05, 0) is 38.1 Å². The zero-order chi connectivity index (χ0) is 18.0. The van der Waals surface area contributed by atoms with Crippen molar-refractivity contribution in [3.05, 3.63) is 39.7 Å². The largest absolute Gasteiger partial charge is 0.502 e. The number of aryl methyl sites for hydroxylation is 1. The lowest BCUT2D eigenvalue weighted by Crippen LogP contribution is -2.27. The van der Waals surface area contributed by atoms with E-state index in [1.54, 1.807) is 7.05 Å². The van der Waals surface area contributed by atoms with Gasteiger partial charge < -0.3 is 10.4 Å². The lowest BCUT2D eigenvalue weighted by molar-refractivity contribution is -0.385. The number of hydrogen-bond acceptors (Lipinski definition) is 7. The van der Waals surface area contributed by atoms with Crippen molar-refractivity contribution in [3.63, 3.8) is 0 Å². The number of piperidine rings is 1. The molecule has 1 aromatic carbocycles. The standard InChI is InChI=1S/C15H18N6O4.ClH/c1-20-15(17-13(19-20)9-4-6-16-7-5-9)18-14(23)10-2-3-11(21(24)25)12(22)8-10;/h2-3,8-9,16,22H,4-7H2,1H3,(H,17,18,19,23);1H. The summed E-state index contributed by atoms with van der Waals surface area (Å²) in [6.45, 7) is 1.82. The van der Waals surface area contributed by atoms with Crippen molar-refractivity contribution in [2.75, 3.05) is 18.4 Å². The molecule has 0 unspecified atom stereocenters. The number of nitrogens with zero attached hydrogens (tertiary/aromatic N) is 4. The number of amides is 1. The molecule has 0 atom stereocenters. The highest BCUT2D eigenvalue weighted by molar-refractivity contribution is 6.03. The van der Waals surface area contributed by atoms with Gasteiger partial charge in [-0.25, -0.2) is 4.68 Å². The monoisotopic (exact) mass is 382 g/mol. The summed E-state index contributed by atoms with van der Waals surface area (Å²) in [5.41, 5.74) is -0.363. The number of nitro benzene ring substituents is 1. The average Bonchev–Trinajstić information content (AvgIpc) is 2.96. The predicted molar refractivity (Wildman–Crippen MR) is 95.8 cm³/mol. The molecule has 2 aromatic rings. The maximum atomic E-state index is 12.3. The van der Waals surface area contributed by atoms with Gasteiger partial charge in [-0.15, -0.1) is 12.4 Å². The third-order valence-electron chi connectivity index (χ3n) is 4.14. The number of halogens is 1. The van der Waals surface area contributed by atoms with Gasteiger partial charge in [-0.1, -0.05) is 0 Å². The zero-order valence-electron chi connectivity index (χ0n) is 14.0. The second-order valence-electron chi connectivity index (χ2n) is 5.86. The Labute approximate surface area is 155 Å². The maximum Gasteiger partial charge on any atom is 0.310 e. The predicted octanol–water partition coefficient (Wildman–Crippen LogP) is 1.57. The highest BCUT2D eigenvalue weighted by atomic mass is 35.5. The minimum Gasteiger partial charge on any atom is -0.502 e. The number of nitrogens with one attached hydrogen (secondary N) is 2. The SMILES string of the molecule is Cl.Cn1nc(C2CCNCC2)nc1NC(=O)c1ccc([N+](=O)[O-])c(O)c1. The van der Waals surface area contributed by atoms with Crippen LogP contribution in [0.15, 0.2) is 18.2 Å². The summed E-state index contributed by atoms with van der Waals surface area (Å²) in [5.74, 6) is 0.132. The van der Waals surface area contributed by atoms with Crippen LogP contribution in [-0.4, -0.2) is 43.8 Å². The number of rotatable bonds is 4. The van der Waals surface area contributed by atoms with E-state index in [9.17, 15) is 20.0 Å². The van der Waals surface area contributed by atoms with Crippen molar-refractivity contribution in [1.29, 1.82) is 0 Å². The third kappa shape index (κ3) is 4.09. The summed E-state index contributed by atoms with van der Waals surface area (Å²) in [6.07, 6.45) is 1.88. The topological polar surface area (TPSA) is 135 Å². The average molecular weight is 383 g/mol. The van der Waals surface area contributed by atoms with Gasteiger partial charge >= 0.3 is 5.69 Å². The van der Waals surface area contributed by atoms with Crippen LogP contribution in [-0.2, 0) is 7.05 Å². The zero-order valence-corrected chi connectivity index (χ0v) is 14.8. The second kappa shape index (κ2) is 8.11. The number of aromatic nitrogens is 3. The van der Waals surface area contributed by atoms with Crippen LogP contribution in [0.25, 0.3) is 0 Å². The molecule has 1 amide bonds. The maximum absolute atomic E-state index is 12.3. The Morgan fingerprint density at radius 1 is 1.42 bits per heavy atom. The minimum absolute atomic E-state index is 0. The number of hydrogen-bond donors (Lipinski definition) is 3. The fourth-order valence-electron chi connectivity index (χ4n) is 2.76. The highest BCUT2D eigenvalue weighted by Gasteiger charge is 2.22. The van der Waals surface area contributed by atoms with Gasteiger partial charge in [0.15, 0.2) is 11.6 Å². The minimum atomic E-state index is -0.717. The van der Waals surface area contributed by atoms with Crippen LogP contribution in [0.1, 0.15) is 34.9 Å². The first-order chi connectivity index (χ1) is 12.0. The molecule has 1 aliphatic heterocycles. The Morgan fingerprint density at radius 3 is 2.73 bits per heavy atom. The molecule has 0 aliphatic carbocycles.